The first-order valence-corrected chi connectivity index (χ1v) is 8.49. The second-order valence-corrected chi connectivity index (χ2v) is 6.83. The van der Waals surface area contributed by atoms with Gasteiger partial charge < -0.3 is 9.84 Å². The third-order valence-electron chi connectivity index (χ3n) is 4.39. The molecule has 6 nitrogen and oxygen atoms in total. The Morgan fingerprint density at radius 1 is 1.12 bits per heavy atom. The number of carbonyl (C=O) groups excluding carboxylic acids is 2. The smallest absolute Gasteiger partial charge is 0.329 e. The van der Waals surface area contributed by atoms with E-state index in [0.717, 1.165) is 16.7 Å². The van der Waals surface area contributed by atoms with E-state index in [-0.39, 0.29) is 24.1 Å². The van der Waals surface area contributed by atoms with Crippen molar-refractivity contribution in [1.82, 2.24) is 5.32 Å². The summed E-state index contributed by atoms with van der Waals surface area (Å²) in [5, 5.41) is 12.2. The summed E-state index contributed by atoms with van der Waals surface area (Å²) >= 11 is 0. The summed E-state index contributed by atoms with van der Waals surface area (Å²) in [6, 6.07) is 8.42. The molecule has 2 aromatic rings. The fourth-order valence-corrected chi connectivity index (χ4v) is 3.07. The van der Waals surface area contributed by atoms with Crippen molar-refractivity contribution in [3.63, 3.8) is 0 Å². The maximum Gasteiger partial charge on any atom is 0.329 e. The van der Waals surface area contributed by atoms with E-state index in [0.29, 0.717) is 17.2 Å². The quantitative estimate of drug-likeness (QED) is 0.814. The van der Waals surface area contributed by atoms with Gasteiger partial charge in [-0.25, -0.2) is 4.79 Å². The minimum Gasteiger partial charge on any atom is -0.508 e. The van der Waals surface area contributed by atoms with Crippen LogP contribution in [0.3, 0.4) is 0 Å². The van der Waals surface area contributed by atoms with Crippen LogP contribution in [0.5, 0.6) is 17.2 Å². The zero-order valence-electron chi connectivity index (χ0n) is 15.3. The molecule has 136 valence electrons. The molecule has 0 atom stereocenters. The number of urea groups is 1. The first kappa shape index (κ1) is 17.8. The van der Waals surface area contributed by atoms with E-state index in [2.05, 4.69) is 5.32 Å². The second kappa shape index (κ2) is 6.71. The summed E-state index contributed by atoms with van der Waals surface area (Å²) in [6.07, 6.45) is 0. The van der Waals surface area contributed by atoms with Gasteiger partial charge in [-0.3, -0.25) is 15.0 Å². The second-order valence-electron chi connectivity index (χ2n) is 6.83. The van der Waals surface area contributed by atoms with Crippen LogP contribution in [0.4, 0.5) is 10.5 Å². The minimum absolute atomic E-state index is 0.0215. The number of amides is 3. The highest BCUT2D eigenvalue weighted by Gasteiger charge is 2.28. The van der Waals surface area contributed by atoms with E-state index in [9.17, 15) is 14.7 Å². The highest BCUT2D eigenvalue weighted by Crippen LogP contribution is 2.36. The lowest BCUT2D eigenvalue weighted by atomic mass is 10.0. The Hall–Kier alpha value is -3.02. The number of benzene rings is 2. The molecule has 0 radical (unpaired) electrons. The largest absolute Gasteiger partial charge is 0.508 e. The predicted octanol–water partition coefficient (Wildman–Crippen LogP) is 3.98. The molecule has 0 unspecified atom stereocenters. The molecule has 3 rings (SSSR count). The maximum atomic E-state index is 11.9. The van der Waals surface area contributed by atoms with Crippen LogP contribution < -0.4 is 15.0 Å². The summed E-state index contributed by atoms with van der Waals surface area (Å²) in [5.74, 6) is 1.45. The van der Waals surface area contributed by atoms with Gasteiger partial charge in [0.2, 0.25) is 5.91 Å². The third-order valence-corrected chi connectivity index (χ3v) is 4.39. The Labute approximate surface area is 152 Å². The predicted molar refractivity (Wildman–Crippen MR) is 99.1 cm³/mol. The van der Waals surface area contributed by atoms with Crippen LogP contribution in [0, 0.1) is 13.8 Å². The number of aryl methyl sites for hydroxylation is 2. The van der Waals surface area contributed by atoms with Crippen LogP contribution in [0.15, 0.2) is 30.3 Å². The monoisotopic (exact) mass is 354 g/mol. The average Bonchev–Trinajstić information content (AvgIpc) is 2.90. The fraction of sp³-hybridized carbons (Fsp3) is 0.300. The van der Waals surface area contributed by atoms with Crippen molar-refractivity contribution >= 4 is 17.6 Å². The first-order valence-electron chi connectivity index (χ1n) is 8.49. The molecule has 1 heterocycles. The number of aromatic hydroxyl groups is 1. The fourth-order valence-electron chi connectivity index (χ4n) is 3.07. The Morgan fingerprint density at radius 2 is 1.77 bits per heavy atom. The van der Waals surface area contributed by atoms with E-state index in [1.54, 1.807) is 12.1 Å². The summed E-state index contributed by atoms with van der Waals surface area (Å²) < 4.78 is 6.05. The molecule has 0 aromatic heterocycles. The van der Waals surface area contributed by atoms with Gasteiger partial charge in [-0.2, -0.15) is 0 Å². The molecule has 0 bridgehead atoms. The Kier molecular flexibility index (Phi) is 4.59. The third kappa shape index (κ3) is 3.35. The summed E-state index contributed by atoms with van der Waals surface area (Å²) in [7, 11) is 0. The number of phenols is 1. The number of nitrogens with one attached hydrogen (secondary N) is 1. The number of ether oxygens (including phenoxy) is 1. The van der Waals surface area contributed by atoms with Crippen LogP contribution >= 0.6 is 0 Å². The molecule has 2 aromatic carbocycles. The van der Waals surface area contributed by atoms with Crippen LogP contribution in [-0.2, 0) is 4.79 Å². The topological polar surface area (TPSA) is 78.9 Å². The molecule has 0 aliphatic carbocycles. The number of phenolic OH excluding ortho intramolecular Hbond substituents is 1. The van der Waals surface area contributed by atoms with E-state index in [1.165, 1.54) is 4.90 Å². The molecule has 6 heteroatoms. The normalized spacial score (nSPS) is 14.1. The van der Waals surface area contributed by atoms with Gasteiger partial charge in [-0.1, -0.05) is 13.8 Å². The van der Waals surface area contributed by atoms with Gasteiger partial charge in [0, 0.05) is 11.3 Å². The van der Waals surface area contributed by atoms with Gasteiger partial charge in [-0.05, 0) is 61.2 Å². The maximum absolute atomic E-state index is 11.9. The number of carbonyl (C=O) groups is 2. The van der Waals surface area contributed by atoms with E-state index in [1.807, 2.05) is 45.9 Å². The average molecular weight is 354 g/mol. The van der Waals surface area contributed by atoms with Gasteiger partial charge in [0.05, 0.1) is 0 Å². The van der Waals surface area contributed by atoms with Crippen LogP contribution in [0.25, 0.3) is 0 Å². The van der Waals surface area contributed by atoms with Crippen molar-refractivity contribution in [3.05, 3.63) is 47.0 Å². The highest BCUT2D eigenvalue weighted by atomic mass is 16.5. The SMILES string of the molecule is Cc1cc(N2CC(=O)NC2=O)cc(C)c1Oc1ccc(O)c(C(C)C)c1. The number of rotatable bonds is 4. The van der Waals surface area contributed by atoms with Crippen molar-refractivity contribution in [3.8, 4) is 17.2 Å². The Balaban J connectivity index is 1.91. The lowest BCUT2D eigenvalue weighted by molar-refractivity contribution is -0.117. The van der Waals surface area contributed by atoms with Crippen LogP contribution in [0.2, 0.25) is 0 Å². The van der Waals surface area contributed by atoms with Crippen LogP contribution in [0.1, 0.15) is 36.5 Å². The molecule has 1 aliphatic rings. The number of imide groups is 1. The zero-order valence-corrected chi connectivity index (χ0v) is 15.3. The van der Waals surface area contributed by atoms with E-state index < -0.39 is 6.03 Å². The molecule has 26 heavy (non-hydrogen) atoms. The minimum atomic E-state index is -0.414. The first-order chi connectivity index (χ1) is 12.3. The molecule has 0 spiro atoms. The van der Waals surface area contributed by atoms with Crippen molar-refractivity contribution in [2.24, 2.45) is 0 Å². The van der Waals surface area contributed by atoms with Gasteiger partial charge in [0.25, 0.3) is 0 Å². The molecule has 2 N–H and O–H groups in total. The Morgan fingerprint density at radius 3 is 2.31 bits per heavy atom. The number of hydrogen-bond acceptors (Lipinski definition) is 4. The molecule has 3 amide bonds. The van der Waals surface area contributed by atoms with Crippen LogP contribution in [-0.4, -0.2) is 23.6 Å². The van der Waals surface area contributed by atoms with Gasteiger partial charge >= 0.3 is 6.03 Å². The Bertz CT molecular complexity index is 866. The lowest BCUT2D eigenvalue weighted by Crippen LogP contribution is -2.28. The zero-order chi connectivity index (χ0) is 19.0. The number of anilines is 1. The van der Waals surface area contributed by atoms with Crippen molar-refractivity contribution in [2.75, 3.05) is 11.4 Å². The summed E-state index contributed by atoms with van der Waals surface area (Å²) in [5.41, 5.74) is 3.18. The van der Waals surface area contributed by atoms with Gasteiger partial charge in [-0.15, -0.1) is 0 Å². The lowest BCUT2D eigenvalue weighted by Gasteiger charge is -2.19. The molecule has 0 saturated carbocycles. The molecule has 1 fully saturated rings. The van der Waals surface area contributed by atoms with Gasteiger partial charge in [0.15, 0.2) is 0 Å². The van der Waals surface area contributed by atoms with Crippen molar-refractivity contribution in [2.45, 2.75) is 33.6 Å². The van der Waals surface area contributed by atoms with Crippen molar-refractivity contribution in [1.29, 1.82) is 0 Å². The molecular weight excluding hydrogens is 332 g/mol. The number of hydrogen-bond donors (Lipinski definition) is 2. The van der Waals surface area contributed by atoms with E-state index >= 15 is 0 Å². The summed E-state index contributed by atoms with van der Waals surface area (Å²) in [4.78, 5) is 24.7. The summed E-state index contributed by atoms with van der Waals surface area (Å²) in [6.45, 7) is 7.82. The molecule has 1 aliphatic heterocycles. The molecular formula is C20H22N2O4. The standard InChI is InChI=1S/C20H22N2O4/c1-11(2)16-9-15(5-6-17(16)23)26-19-12(3)7-14(8-13(19)4)22-10-18(24)21-20(22)25/h5-9,11,23H,10H2,1-4H3,(H,21,24,25). The molecule has 1 saturated heterocycles. The van der Waals surface area contributed by atoms with E-state index in [4.69, 9.17) is 4.74 Å². The van der Waals surface area contributed by atoms with Gasteiger partial charge in [0.1, 0.15) is 23.8 Å². The van der Waals surface area contributed by atoms with Crippen molar-refractivity contribution < 1.29 is 19.4 Å². The highest BCUT2D eigenvalue weighted by molar-refractivity contribution is 6.12. The number of nitrogens with zero attached hydrogens (tertiary/aromatic N) is 1.